The topological polar surface area (TPSA) is 22.1 Å². The van der Waals surface area contributed by atoms with Crippen molar-refractivity contribution in [3.63, 3.8) is 0 Å². The highest BCUT2D eigenvalue weighted by Gasteiger charge is 2.36. The number of pyridine rings is 1. The van der Waals surface area contributed by atoms with Crippen LogP contribution in [0.5, 0.6) is 0 Å². The molecule has 3 aromatic rings. The molecule has 0 saturated carbocycles. The third-order valence-corrected chi connectivity index (χ3v) is 5.05. The fourth-order valence-corrected chi connectivity index (χ4v) is 3.46. The van der Waals surface area contributed by atoms with Gasteiger partial charge in [0.2, 0.25) is 0 Å². The third kappa shape index (κ3) is 3.40. The molecular weight excluding hydrogens is 342 g/mol. The molecule has 1 heterocycles. The molecular formula is C23H24ClNO. The molecule has 0 aliphatic carbocycles. The summed E-state index contributed by atoms with van der Waals surface area (Å²) in [5, 5.41) is 0.705. The van der Waals surface area contributed by atoms with Gasteiger partial charge in [-0.2, -0.15) is 0 Å². The van der Waals surface area contributed by atoms with Crippen molar-refractivity contribution in [2.45, 2.75) is 31.8 Å². The van der Waals surface area contributed by atoms with Crippen LogP contribution < -0.4 is 0 Å². The van der Waals surface area contributed by atoms with Crippen molar-refractivity contribution in [1.29, 1.82) is 0 Å². The van der Waals surface area contributed by atoms with Crippen molar-refractivity contribution in [2.24, 2.45) is 0 Å². The highest BCUT2D eigenvalue weighted by atomic mass is 35.5. The first kappa shape index (κ1) is 18.6. The van der Waals surface area contributed by atoms with Crippen molar-refractivity contribution in [3.8, 4) is 0 Å². The molecule has 0 aliphatic heterocycles. The van der Waals surface area contributed by atoms with E-state index in [1.165, 1.54) is 5.56 Å². The van der Waals surface area contributed by atoms with Gasteiger partial charge in [-0.25, -0.2) is 0 Å². The van der Waals surface area contributed by atoms with Crippen LogP contribution >= 0.6 is 11.6 Å². The smallest absolute Gasteiger partial charge is 0.143 e. The number of ether oxygens (including phenoxy) is 1. The van der Waals surface area contributed by atoms with Gasteiger partial charge in [0.25, 0.3) is 0 Å². The third-order valence-electron chi connectivity index (χ3n) is 4.80. The van der Waals surface area contributed by atoms with Gasteiger partial charge >= 0.3 is 0 Å². The summed E-state index contributed by atoms with van der Waals surface area (Å²) in [5.74, 6) is 0. The number of benzene rings is 2. The summed E-state index contributed by atoms with van der Waals surface area (Å²) in [6.45, 7) is 6.65. The summed E-state index contributed by atoms with van der Waals surface area (Å²) >= 11 is 6.12. The Labute approximate surface area is 160 Å². The maximum absolute atomic E-state index is 6.19. The lowest BCUT2D eigenvalue weighted by atomic mass is 9.78. The van der Waals surface area contributed by atoms with Crippen LogP contribution in [-0.2, 0) is 15.8 Å². The quantitative estimate of drug-likeness (QED) is 0.568. The molecule has 3 rings (SSSR count). The van der Waals surface area contributed by atoms with Gasteiger partial charge in [0, 0.05) is 24.5 Å². The van der Waals surface area contributed by atoms with E-state index >= 15 is 0 Å². The average molecular weight is 366 g/mol. The Kier molecular flexibility index (Phi) is 5.17. The molecule has 1 aromatic heterocycles. The van der Waals surface area contributed by atoms with Crippen LogP contribution in [0, 0.1) is 0 Å². The molecule has 0 spiro atoms. The van der Waals surface area contributed by atoms with Gasteiger partial charge < -0.3 is 4.74 Å². The summed E-state index contributed by atoms with van der Waals surface area (Å²) in [6.07, 6.45) is 3.59. The number of rotatable bonds is 4. The molecule has 134 valence electrons. The number of hydrogen-bond acceptors (Lipinski definition) is 2. The molecule has 0 bridgehead atoms. The number of methoxy groups -OCH3 is 1. The molecule has 0 aliphatic rings. The lowest BCUT2D eigenvalue weighted by molar-refractivity contribution is 0.0584. The first-order valence-corrected chi connectivity index (χ1v) is 9.08. The van der Waals surface area contributed by atoms with Crippen LogP contribution in [0.4, 0.5) is 0 Å². The highest BCUT2D eigenvalue weighted by Crippen LogP contribution is 2.40. The highest BCUT2D eigenvalue weighted by molar-refractivity contribution is 6.30. The largest absolute Gasteiger partial charge is 0.364 e. The second-order valence-corrected chi connectivity index (χ2v) is 7.89. The van der Waals surface area contributed by atoms with Crippen LogP contribution in [0.15, 0.2) is 73.1 Å². The Morgan fingerprint density at radius 1 is 0.692 bits per heavy atom. The minimum Gasteiger partial charge on any atom is -0.364 e. The SMILES string of the molecule is COC(c1ccncc1)(c1ccc(Cl)cc1)c1ccc(C(C)(C)C)cc1. The molecule has 0 N–H and O–H groups in total. The summed E-state index contributed by atoms with van der Waals surface area (Å²) in [5.41, 5.74) is 3.80. The second-order valence-electron chi connectivity index (χ2n) is 7.46. The molecule has 0 fully saturated rings. The molecule has 2 aromatic carbocycles. The summed E-state index contributed by atoms with van der Waals surface area (Å²) in [7, 11) is 1.74. The summed E-state index contributed by atoms with van der Waals surface area (Å²) in [4.78, 5) is 4.16. The number of nitrogens with zero attached hydrogens (tertiary/aromatic N) is 1. The van der Waals surface area contributed by atoms with Crippen molar-refractivity contribution in [3.05, 3.63) is 100 Å². The minimum atomic E-state index is -0.718. The zero-order valence-electron chi connectivity index (χ0n) is 15.7. The molecule has 26 heavy (non-hydrogen) atoms. The zero-order chi connectivity index (χ0) is 18.8. The Morgan fingerprint density at radius 3 is 1.58 bits per heavy atom. The standard InChI is InChI=1S/C23H24ClNO/c1-22(2,3)17-5-7-18(8-6-17)23(26-4,20-13-15-25-16-14-20)19-9-11-21(24)12-10-19/h5-16H,1-4H3. The van der Waals surface area contributed by atoms with Crippen LogP contribution in [0.1, 0.15) is 43.0 Å². The lowest BCUT2D eigenvalue weighted by Gasteiger charge is -2.35. The number of halogens is 1. The maximum Gasteiger partial charge on any atom is 0.143 e. The van der Waals surface area contributed by atoms with Crippen LogP contribution in [0.25, 0.3) is 0 Å². The number of aromatic nitrogens is 1. The predicted molar refractivity (Wildman–Crippen MR) is 108 cm³/mol. The molecule has 0 saturated heterocycles. The molecule has 0 amide bonds. The fraction of sp³-hybridized carbons (Fsp3) is 0.261. The van der Waals surface area contributed by atoms with E-state index in [9.17, 15) is 0 Å². The number of hydrogen-bond donors (Lipinski definition) is 0. The summed E-state index contributed by atoms with van der Waals surface area (Å²) in [6, 6.07) is 20.5. The van der Waals surface area contributed by atoms with Gasteiger partial charge in [0.1, 0.15) is 5.60 Å². The van der Waals surface area contributed by atoms with E-state index in [1.807, 2.05) is 36.4 Å². The van der Waals surface area contributed by atoms with E-state index in [4.69, 9.17) is 16.3 Å². The van der Waals surface area contributed by atoms with Gasteiger partial charge in [0.05, 0.1) is 0 Å². The van der Waals surface area contributed by atoms with Crippen molar-refractivity contribution >= 4 is 11.6 Å². The Bertz CT molecular complexity index is 851. The normalized spacial score (nSPS) is 14.0. The molecule has 1 atom stereocenters. The first-order chi connectivity index (χ1) is 12.4. The van der Waals surface area contributed by atoms with Crippen molar-refractivity contribution in [2.75, 3.05) is 7.11 Å². The van der Waals surface area contributed by atoms with E-state index in [0.717, 1.165) is 16.7 Å². The van der Waals surface area contributed by atoms with Crippen LogP contribution in [0.3, 0.4) is 0 Å². The fourth-order valence-electron chi connectivity index (χ4n) is 3.33. The maximum atomic E-state index is 6.19. The van der Waals surface area contributed by atoms with E-state index in [0.29, 0.717) is 5.02 Å². The van der Waals surface area contributed by atoms with Crippen molar-refractivity contribution in [1.82, 2.24) is 4.98 Å². The van der Waals surface area contributed by atoms with Gasteiger partial charge in [0.15, 0.2) is 0 Å². The van der Waals surface area contributed by atoms with E-state index < -0.39 is 5.60 Å². The monoisotopic (exact) mass is 365 g/mol. The summed E-state index contributed by atoms with van der Waals surface area (Å²) < 4.78 is 6.19. The van der Waals surface area contributed by atoms with Crippen LogP contribution in [-0.4, -0.2) is 12.1 Å². The Morgan fingerprint density at radius 2 is 1.12 bits per heavy atom. The second kappa shape index (κ2) is 7.22. The Balaban J connectivity index is 2.22. The van der Waals surface area contributed by atoms with Crippen molar-refractivity contribution < 1.29 is 4.74 Å². The van der Waals surface area contributed by atoms with Gasteiger partial charge in [-0.3, -0.25) is 4.98 Å². The van der Waals surface area contributed by atoms with Gasteiger partial charge in [-0.15, -0.1) is 0 Å². The van der Waals surface area contributed by atoms with E-state index in [1.54, 1.807) is 19.5 Å². The zero-order valence-corrected chi connectivity index (χ0v) is 16.4. The van der Waals surface area contributed by atoms with Gasteiger partial charge in [-0.1, -0.05) is 68.8 Å². The minimum absolute atomic E-state index is 0.102. The van der Waals surface area contributed by atoms with Crippen LogP contribution in [0.2, 0.25) is 5.02 Å². The molecule has 2 nitrogen and oxygen atoms in total. The first-order valence-electron chi connectivity index (χ1n) is 8.70. The average Bonchev–Trinajstić information content (AvgIpc) is 2.65. The van der Waals surface area contributed by atoms with E-state index in [-0.39, 0.29) is 5.41 Å². The Hall–Kier alpha value is -2.16. The molecule has 1 unspecified atom stereocenters. The van der Waals surface area contributed by atoms with Gasteiger partial charge in [-0.05, 0) is 51.9 Å². The molecule has 3 heteroatoms. The predicted octanol–water partition coefficient (Wildman–Crippen LogP) is 5.97. The van der Waals surface area contributed by atoms with E-state index in [2.05, 4.69) is 50.0 Å². The molecule has 0 radical (unpaired) electrons. The lowest BCUT2D eigenvalue weighted by Crippen LogP contribution is -2.31.